The van der Waals surface area contributed by atoms with Crippen LogP contribution in [0.3, 0.4) is 0 Å². The Kier molecular flexibility index (Phi) is 6.70. The van der Waals surface area contributed by atoms with Crippen molar-refractivity contribution in [2.75, 3.05) is 13.2 Å². The van der Waals surface area contributed by atoms with E-state index in [1.165, 1.54) is 19.3 Å². The Morgan fingerprint density at radius 2 is 1.95 bits per heavy atom. The third kappa shape index (κ3) is 5.86. The van der Waals surface area contributed by atoms with Crippen molar-refractivity contribution in [1.82, 2.24) is 5.32 Å². The molecule has 0 aliphatic heterocycles. The minimum atomic E-state index is -0.536. The van der Waals surface area contributed by atoms with Crippen LogP contribution in [0.1, 0.15) is 50.2 Å². The molecule has 1 aliphatic carbocycles. The lowest BCUT2D eigenvalue weighted by Gasteiger charge is -2.21. The standard InChI is InChI=1S/C17H25NO3/c19-16(14-7-3-1-4-8-14)11-12-18-17(20)13-21-15-9-5-2-6-10-15/h1,3-4,7-8,15-16,19H,2,5-6,9-13H2,(H,18,20). The molecule has 1 aromatic carbocycles. The number of hydrogen-bond donors (Lipinski definition) is 2. The Balaban J connectivity index is 1.58. The van der Waals surface area contributed by atoms with E-state index in [-0.39, 0.29) is 18.6 Å². The first kappa shape index (κ1) is 16.0. The van der Waals surface area contributed by atoms with Crippen LogP contribution in [0.2, 0.25) is 0 Å². The lowest BCUT2D eigenvalue weighted by Crippen LogP contribution is -2.31. The number of hydrogen-bond acceptors (Lipinski definition) is 3. The first-order valence-corrected chi connectivity index (χ1v) is 7.87. The van der Waals surface area contributed by atoms with Crippen molar-refractivity contribution in [3.63, 3.8) is 0 Å². The van der Waals surface area contributed by atoms with Crippen molar-refractivity contribution in [3.05, 3.63) is 35.9 Å². The number of aliphatic hydroxyl groups is 1. The highest BCUT2D eigenvalue weighted by Gasteiger charge is 2.15. The molecule has 1 saturated carbocycles. The predicted octanol–water partition coefficient (Wildman–Crippen LogP) is 2.58. The molecule has 0 spiro atoms. The van der Waals surface area contributed by atoms with E-state index >= 15 is 0 Å². The predicted molar refractivity (Wildman–Crippen MR) is 81.9 cm³/mol. The van der Waals surface area contributed by atoms with Crippen LogP contribution in [0.15, 0.2) is 30.3 Å². The second kappa shape index (κ2) is 8.80. The van der Waals surface area contributed by atoms with E-state index < -0.39 is 6.10 Å². The summed E-state index contributed by atoms with van der Waals surface area (Å²) in [6, 6.07) is 9.49. The second-order valence-electron chi connectivity index (χ2n) is 5.64. The Hall–Kier alpha value is -1.39. The van der Waals surface area contributed by atoms with E-state index in [4.69, 9.17) is 4.74 Å². The Bertz CT molecular complexity index is 415. The van der Waals surface area contributed by atoms with E-state index in [0.717, 1.165) is 18.4 Å². The van der Waals surface area contributed by atoms with E-state index in [2.05, 4.69) is 5.32 Å². The van der Waals surface area contributed by atoms with Gasteiger partial charge in [-0.05, 0) is 24.8 Å². The maximum Gasteiger partial charge on any atom is 0.246 e. The molecule has 1 aromatic rings. The van der Waals surface area contributed by atoms with Gasteiger partial charge in [-0.1, -0.05) is 49.6 Å². The molecule has 4 heteroatoms. The SMILES string of the molecule is O=C(COC1CCCCC1)NCCC(O)c1ccccc1. The molecule has 1 amide bonds. The van der Waals surface area contributed by atoms with Gasteiger partial charge in [-0.15, -0.1) is 0 Å². The number of carbonyl (C=O) groups is 1. The number of benzene rings is 1. The molecule has 0 saturated heterocycles. The smallest absolute Gasteiger partial charge is 0.246 e. The summed E-state index contributed by atoms with van der Waals surface area (Å²) < 4.78 is 5.61. The largest absolute Gasteiger partial charge is 0.388 e. The van der Waals surface area contributed by atoms with Crippen molar-refractivity contribution in [3.8, 4) is 0 Å². The van der Waals surface area contributed by atoms with Crippen molar-refractivity contribution < 1.29 is 14.6 Å². The molecule has 0 aromatic heterocycles. The number of carbonyl (C=O) groups excluding carboxylic acids is 1. The molecular formula is C17H25NO3. The molecule has 1 unspecified atom stereocenters. The average Bonchev–Trinajstić information content (AvgIpc) is 2.54. The molecular weight excluding hydrogens is 266 g/mol. The van der Waals surface area contributed by atoms with Crippen molar-refractivity contribution in [2.24, 2.45) is 0 Å². The number of nitrogens with one attached hydrogen (secondary N) is 1. The van der Waals surface area contributed by atoms with Crippen LogP contribution in [0.4, 0.5) is 0 Å². The summed E-state index contributed by atoms with van der Waals surface area (Å²) in [4.78, 5) is 11.7. The fraction of sp³-hybridized carbons (Fsp3) is 0.588. The van der Waals surface area contributed by atoms with Crippen LogP contribution in [0, 0.1) is 0 Å². The van der Waals surface area contributed by atoms with Gasteiger partial charge < -0.3 is 15.2 Å². The topological polar surface area (TPSA) is 58.6 Å². The first-order valence-electron chi connectivity index (χ1n) is 7.87. The van der Waals surface area contributed by atoms with E-state index in [1.807, 2.05) is 30.3 Å². The monoisotopic (exact) mass is 291 g/mol. The zero-order valence-corrected chi connectivity index (χ0v) is 12.5. The fourth-order valence-electron chi connectivity index (χ4n) is 2.67. The van der Waals surface area contributed by atoms with Crippen LogP contribution in [0.25, 0.3) is 0 Å². The van der Waals surface area contributed by atoms with E-state index in [1.54, 1.807) is 0 Å². The van der Waals surface area contributed by atoms with Gasteiger partial charge in [0.15, 0.2) is 0 Å². The maximum atomic E-state index is 11.7. The lowest BCUT2D eigenvalue weighted by molar-refractivity contribution is -0.128. The van der Waals surface area contributed by atoms with Gasteiger partial charge in [0.1, 0.15) is 6.61 Å². The minimum absolute atomic E-state index is 0.0964. The quantitative estimate of drug-likeness (QED) is 0.812. The average molecular weight is 291 g/mol. The van der Waals surface area contributed by atoms with Gasteiger partial charge in [-0.3, -0.25) is 4.79 Å². The molecule has 4 nitrogen and oxygen atoms in total. The van der Waals surface area contributed by atoms with Gasteiger partial charge in [0.2, 0.25) is 5.91 Å². The van der Waals surface area contributed by atoms with Gasteiger partial charge in [-0.25, -0.2) is 0 Å². The Morgan fingerprint density at radius 1 is 1.24 bits per heavy atom. The molecule has 0 heterocycles. The highest BCUT2D eigenvalue weighted by Crippen LogP contribution is 2.20. The summed E-state index contributed by atoms with van der Waals surface area (Å²) in [5, 5.41) is 12.8. The van der Waals surface area contributed by atoms with Crippen LogP contribution in [-0.2, 0) is 9.53 Å². The number of ether oxygens (including phenoxy) is 1. The maximum absolute atomic E-state index is 11.7. The molecule has 0 radical (unpaired) electrons. The third-order valence-corrected chi connectivity index (χ3v) is 3.93. The molecule has 1 fully saturated rings. The molecule has 21 heavy (non-hydrogen) atoms. The fourth-order valence-corrected chi connectivity index (χ4v) is 2.67. The van der Waals surface area contributed by atoms with Gasteiger partial charge in [-0.2, -0.15) is 0 Å². The Labute approximate surface area is 126 Å². The summed E-state index contributed by atoms with van der Waals surface area (Å²) in [5.74, 6) is -0.0964. The van der Waals surface area contributed by atoms with E-state index in [0.29, 0.717) is 13.0 Å². The number of aliphatic hydroxyl groups excluding tert-OH is 1. The molecule has 1 aliphatic rings. The zero-order valence-electron chi connectivity index (χ0n) is 12.5. The summed E-state index contributed by atoms with van der Waals surface area (Å²) in [6.45, 7) is 0.592. The zero-order chi connectivity index (χ0) is 14.9. The van der Waals surface area contributed by atoms with Gasteiger partial charge in [0.25, 0.3) is 0 Å². The summed E-state index contributed by atoms with van der Waals surface area (Å²) in [5.41, 5.74) is 0.880. The van der Waals surface area contributed by atoms with Crippen LogP contribution < -0.4 is 5.32 Å². The second-order valence-corrected chi connectivity index (χ2v) is 5.64. The molecule has 2 N–H and O–H groups in total. The van der Waals surface area contributed by atoms with Crippen LogP contribution >= 0.6 is 0 Å². The summed E-state index contributed by atoms with van der Waals surface area (Å²) >= 11 is 0. The lowest BCUT2D eigenvalue weighted by atomic mass is 9.98. The van der Waals surface area contributed by atoms with Gasteiger partial charge in [0.05, 0.1) is 12.2 Å². The molecule has 0 bridgehead atoms. The van der Waals surface area contributed by atoms with E-state index in [9.17, 15) is 9.90 Å². The highest BCUT2D eigenvalue weighted by atomic mass is 16.5. The number of amides is 1. The highest BCUT2D eigenvalue weighted by molar-refractivity contribution is 5.77. The molecule has 116 valence electrons. The third-order valence-electron chi connectivity index (χ3n) is 3.93. The van der Waals surface area contributed by atoms with Crippen molar-refractivity contribution >= 4 is 5.91 Å². The first-order chi connectivity index (χ1) is 10.3. The molecule has 2 rings (SSSR count). The van der Waals surface area contributed by atoms with Gasteiger partial charge >= 0.3 is 0 Å². The Morgan fingerprint density at radius 3 is 2.67 bits per heavy atom. The summed E-state index contributed by atoms with van der Waals surface area (Å²) in [7, 11) is 0. The summed E-state index contributed by atoms with van der Waals surface area (Å²) in [6.07, 6.45) is 6.05. The van der Waals surface area contributed by atoms with Crippen LogP contribution in [-0.4, -0.2) is 30.3 Å². The normalized spacial score (nSPS) is 17.4. The molecule has 1 atom stereocenters. The number of rotatable bonds is 7. The van der Waals surface area contributed by atoms with Gasteiger partial charge in [0, 0.05) is 6.54 Å². The minimum Gasteiger partial charge on any atom is -0.388 e. The van der Waals surface area contributed by atoms with Crippen LogP contribution in [0.5, 0.6) is 0 Å². The van der Waals surface area contributed by atoms with Crippen molar-refractivity contribution in [2.45, 2.75) is 50.7 Å². The van der Waals surface area contributed by atoms with Crippen molar-refractivity contribution in [1.29, 1.82) is 0 Å².